The van der Waals surface area contributed by atoms with Crippen LogP contribution in [0.3, 0.4) is 0 Å². The lowest BCUT2D eigenvalue weighted by atomic mass is 10.1. The molecule has 7 heteroatoms. The second-order valence-electron chi connectivity index (χ2n) is 6.70. The van der Waals surface area contributed by atoms with Crippen LogP contribution in [-0.2, 0) is 11.3 Å². The lowest BCUT2D eigenvalue weighted by Crippen LogP contribution is -2.23. The minimum absolute atomic E-state index is 0.158. The Bertz CT molecular complexity index is 1250. The van der Waals surface area contributed by atoms with Crippen LogP contribution in [0.15, 0.2) is 48.5 Å². The highest BCUT2D eigenvalue weighted by atomic mass is 16.4. The lowest BCUT2D eigenvalue weighted by molar-refractivity contribution is -0.114. The van der Waals surface area contributed by atoms with Gasteiger partial charge in [-0.3, -0.25) is 4.79 Å². The molecule has 0 saturated heterocycles. The number of fused-ring (bicyclic) bond motifs is 1. The van der Waals surface area contributed by atoms with E-state index >= 15 is 0 Å². The van der Waals surface area contributed by atoms with Crippen LogP contribution in [0, 0.1) is 23.2 Å². The van der Waals surface area contributed by atoms with Gasteiger partial charge in [0, 0.05) is 37.0 Å². The molecule has 2 aromatic carbocycles. The number of hydrogen-bond acceptors (Lipinski definition) is 4. The Morgan fingerprint density at radius 2 is 1.77 bits per heavy atom. The van der Waals surface area contributed by atoms with Gasteiger partial charge in [0.15, 0.2) is 0 Å². The zero-order valence-electron chi connectivity index (χ0n) is 16.4. The second kappa shape index (κ2) is 8.76. The van der Waals surface area contributed by atoms with Gasteiger partial charge in [0.1, 0.15) is 5.82 Å². The number of amides is 2. The van der Waals surface area contributed by atoms with Crippen molar-refractivity contribution in [1.29, 1.82) is 5.26 Å². The minimum Gasteiger partial charge on any atom is -0.465 e. The van der Waals surface area contributed by atoms with E-state index in [4.69, 9.17) is 5.11 Å². The number of carboxylic acid groups (broad SMARTS) is 1. The lowest BCUT2D eigenvalue weighted by Gasteiger charge is -2.13. The summed E-state index contributed by atoms with van der Waals surface area (Å²) in [6.07, 6.45) is -1.05. The highest BCUT2D eigenvalue weighted by molar-refractivity contribution is 5.90. The van der Waals surface area contributed by atoms with E-state index in [0.717, 1.165) is 15.8 Å². The summed E-state index contributed by atoms with van der Waals surface area (Å²) in [4.78, 5) is 27.8. The first-order chi connectivity index (χ1) is 14.3. The van der Waals surface area contributed by atoms with E-state index in [-0.39, 0.29) is 12.5 Å². The number of anilines is 1. The number of carbonyl (C=O) groups excluding carboxylic acids is 1. The average molecular weight is 398 g/mol. The first kappa shape index (κ1) is 20.4. The van der Waals surface area contributed by atoms with Crippen molar-refractivity contribution in [2.24, 2.45) is 0 Å². The molecule has 148 valence electrons. The molecule has 1 heterocycles. The van der Waals surface area contributed by atoms with Crippen molar-refractivity contribution in [3.8, 4) is 17.9 Å². The normalized spacial score (nSPS) is 9.90. The van der Waals surface area contributed by atoms with Crippen LogP contribution >= 0.6 is 0 Å². The molecule has 0 bridgehead atoms. The molecule has 0 aliphatic carbocycles. The molecular weight excluding hydrogens is 380 g/mol. The maximum atomic E-state index is 11.2. The van der Waals surface area contributed by atoms with Crippen molar-refractivity contribution in [3.05, 3.63) is 70.8 Å². The fourth-order valence-electron chi connectivity index (χ4n) is 2.85. The molecule has 3 rings (SSSR count). The van der Waals surface area contributed by atoms with Crippen molar-refractivity contribution in [2.75, 3.05) is 12.4 Å². The number of carbonyl (C=O) groups is 2. The molecule has 0 radical (unpaired) electrons. The summed E-state index contributed by atoms with van der Waals surface area (Å²) in [5, 5.41) is 21.9. The number of hydrogen-bond donors (Lipinski definition) is 2. The largest absolute Gasteiger partial charge is 0.465 e. The molecule has 2 N–H and O–H groups in total. The summed E-state index contributed by atoms with van der Waals surface area (Å²) in [7, 11) is 1.46. The number of rotatable bonds is 3. The predicted octanol–water partition coefficient (Wildman–Crippen LogP) is 3.57. The molecular formula is C23H18N4O3. The summed E-state index contributed by atoms with van der Waals surface area (Å²) in [5.74, 6) is 6.35. The Kier molecular flexibility index (Phi) is 5.95. The third-order valence-electron chi connectivity index (χ3n) is 4.22. The van der Waals surface area contributed by atoms with Gasteiger partial charge in [0.05, 0.1) is 17.1 Å². The van der Waals surface area contributed by atoms with Crippen LogP contribution in [0.1, 0.15) is 29.2 Å². The zero-order valence-corrected chi connectivity index (χ0v) is 16.4. The van der Waals surface area contributed by atoms with Gasteiger partial charge in [-0.1, -0.05) is 17.9 Å². The second-order valence-corrected chi connectivity index (χ2v) is 6.70. The SMILES string of the molecule is CC(=O)Nc1ccc2ccc(C#Cc3cc(C#N)cc(CN(C)C(=O)O)c3)cc2n1. The van der Waals surface area contributed by atoms with Gasteiger partial charge in [-0.15, -0.1) is 0 Å². The molecule has 0 fully saturated rings. The van der Waals surface area contributed by atoms with Crippen LogP contribution in [0.25, 0.3) is 10.9 Å². The smallest absolute Gasteiger partial charge is 0.407 e. The summed E-state index contributed by atoms with van der Waals surface area (Å²) in [6, 6.07) is 16.3. The first-order valence-electron chi connectivity index (χ1n) is 9.02. The maximum absolute atomic E-state index is 11.2. The fourth-order valence-corrected chi connectivity index (χ4v) is 2.85. The molecule has 0 aliphatic rings. The number of benzene rings is 2. The molecule has 0 spiro atoms. The van der Waals surface area contributed by atoms with E-state index in [9.17, 15) is 14.9 Å². The van der Waals surface area contributed by atoms with Gasteiger partial charge in [-0.05, 0) is 48.0 Å². The maximum Gasteiger partial charge on any atom is 0.407 e. The van der Waals surface area contributed by atoms with E-state index < -0.39 is 6.09 Å². The molecule has 3 aromatic rings. The molecule has 2 amide bonds. The molecule has 0 saturated carbocycles. The van der Waals surface area contributed by atoms with Gasteiger partial charge in [0.25, 0.3) is 0 Å². The molecule has 0 aliphatic heterocycles. The van der Waals surface area contributed by atoms with Gasteiger partial charge < -0.3 is 15.3 Å². The number of aromatic nitrogens is 1. The van der Waals surface area contributed by atoms with E-state index in [0.29, 0.717) is 28.0 Å². The Morgan fingerprint density at radius 1 is 1.07 bits per heavy atom. The van der Waals surface area contributed by atoms with Crippen LogP contribution in [0.5, 0.6) is 0 Å². The minimum atomic E-state index is -1.05. The number of nitrogens with zero attached hydrogens (tertiary/aromatic N) is 3. The van der Waals surface area contributed by atoms with Crippen molar-refractivity contribution >= 4 is 28.7 Å². The van der Waals surface area contributed by atoms with Crippen LogP contribution in [-0.4, -0.2) is 34.0 Å². The van der Waals surface area contributed by atoms with E-state index in [1.54, 1.807) is 24.3 Å². The first-order valence-corrected chi connectivity index (χ1v) is 9.02. The van der Waals surface area contributed by atoms with E-state index in [1.165, 1.54) is 14.0 Å². The summed E-state index contributed by atoms with van der Waals surface area (Å²) in [5.41, 5.74) is 3.13. The number of nitrogens with one attached hydrogen (secondary N) is 1. The highest BCUT2D eigenvalue weighted by Gasteiger charge is 2.08. The summed E-state index contributed by atoms with van der Waals surface area (Å²) >= 11 is 0. The van der Waals surface area contributed by atoms with Crippen molar-refractivity contribution < 1.29 is 14.7 Å². The Morgan fingerprint density at radius 3 is 2.47 bits per heavy atom. The monoisotopic (exact) mass is 398 g/mol. The average Bonchev–Trinajstić information content (AvgIpc) is 2.71. The van der Waals surface area contributed by atoms with Gasteiger partial charge >= 0.3 is 6.09 Å². The van der Waals surface area contributed by atoms with Gasteiger partial charge in [0.2, 0.25) is 5.91 Å². The predicted molar refractivity (Wildman–Crippen MR) is 113 cm³/mol. The van der Waals surface area contributed by atoms with Crippen molar-refractivity contribution in [1.82, 2.24) is 9.88 Å². The quantitative estimate of drug-likeness (QED) is 0.656. The van der Waals surface area contributed by atoms with Crippen LogP contribution in [0.4, 0.5) is 10.6 Å². The third-order valence-corrected chi connectivity index (χ3v) is 4.22. The van der Waals surface area contributed by atoms with Gasteiger partial charge in [-0.25, -0.2) is 9.78 Å². The zero-order chi connectivity index (χ0) is 21.7. The molecule has 7 nitrogen and oxygen atoms in total. The highest BCUT2D eigenvalue weighted by Crippen LogP contribution is 2.17. The Labute approximate surface area is 173 Å². The van der Waals surface area contributed by atoms with Crippen molar-refractivity contribution in [2.45, 2.75) is 13.5 Å². The van der Waals surface area contributed by atoms with Crippen LogP contribution in [0.2, 0.25) is 0 Å². The molecule has 0 atom stereocenters. The van der Waals surface area contributed by atoms with Crippen LogP contribution < -0.4 is 5.32 Å². The molecule has 0 unspecified atom stereocenters. The standard InChI is InChI=1S/C23H18N4O3/c1-15(28)25-22-8-7-20-6-5-16(12-21(20)26-22)3-4-17-9-18(13-24)11-19(10-17)14-27(2)23(29)30/h5-12H,14H2,1-2H3,(H,29,30)(H,25,26,28). The molecule has 30 heavy (non-hydrogen) atoms. The number of pyridine rings is 1. The Balaban J connectivity index is 1.92. The van der Waals surface area contributed by atoms with Crippen molar-refractivity contribution in [3.63, 3.8) is 0 Å². The van der Waals surface area contributed by atoms with Gasteiger partial charge in [-0.2, -0.15) is 5.26 Å². The van der Waals surface area contributed by atoms with E-state index in [2.05, 4.69) is 28.2 Å². The number of nitriles is 1. The Hall–Kier alpha value is -4.36. The summed E-state index contributed by atoms with van der Waals surface area (Å²) < 4.78 is 0. The topological polar surface area (TPSA) is 106 Å². The fraction of sp³-hybridized carbons (Fsp3) is 0.130. The summed E-state index contributed by atoms with van der Waals surface area (Å²) in [6.45, 7) is 1.58. The van der Waals surface area contributed by atoms with E-state index in [1.807, 2.05) is 24.3 Å². The molecule has 1 aromatic heterocycles. The third kappa shape index (κ3) is 5.12.